The molecule has 0 amide bonds. The number of methoxy groups -OCH3 is 1. The third kappa shape index (κ3) is 3.99. The number of hydrogen-bond acceptors (Lipinski definition) is 4. The molecule has 3 saturated carbocycles. The van der Waals surface area contributed by atoms with Crippen LogP contribution in [0.4, 0.5) is 0 Å². The van der Waals surface area contributed by atoms with Gasteiger partial charge in [0, 0.05) is 25.5 Å². The predicted octanol–water partition coefficient (Wildman–Crippen LogP) is 5.37. The van der Waals surface area contributed by atoms with Crippen molar-refractivity contribution < 1.29 is 14.3 Å². The Morgan fingerprint density at radius 2 is 1.79 bits per heavy atom. The first kappa shape index (κ1) is 23.5. The van der Waals surface area contributed by atoms with Crippen LogP contribution in [0.25, 0.3) is 0 Å². The molecule has 0 heterocycles. The maximum Gasteiger partial charge on any atom is 0.162 e. The second-order valence-electron chi connectivity index (χ2n) is 12.2. The Hall–Kier alpha value is -1.26. The molecule has 5 atom stereocenters. The van der Waals surface area contributed by atoms with E-state index in [1.165, 1.54) is 44.1 Å². The summed E-state index contributed by atoms with van der Waals surface area (Å²) < 4.78 is 5.30. The van der Waals surface area contributed by atoms with Gasteiger partial charge in [0.05, 0.1) is 0 Å². The monoisotopic (exact) mass is 453 g/mol. The number of carbonyl (C=O) groups excluding carboxylic acids is 2. The van der Waals surface area contributed by atoms with E-state index in [4.69, 9.17) is 4.74 Å². The van der Waals surface area contributed by atoms with Gasteiger partial charge < -0.3 is 9.64 Å². The molecule has 5 rings (SSSR count). The molecule has 0 spiro atoms. The number of Topliss-reactive ketones (excluding diaryl/α,β-unsaturated/α-hetero) is 1. The Balaban J connectivity index is 1.52. The van der Waals surface area contributed by atoms with Gasteiger partial charge in [0.2, 0.25) is 0 Å². The normalized spacial score (nSPS) is 40.9. The van der Waals surface area contributed by atoms with Crippen LogP contribution in [0.5, 0.6) is 0 Å². The van der Waals surface area contributed by atoms with Crippen LogP contribution in [0.3, 0.4) is 0 Å². The number of ether oxygens (including phenoxy) is 1. The summed E-state index contributed by atoms with van der Waals surface area (Å²) in [4.78, 5) is 27.8. The summed E-state index contributed by atoms with van der Waals surface area (Å²) in [6, 6.07) is 0.707. The van der Waals surface area contributed by atoms with Crippen molar-refractivity contribution >= 4 is 11.6 Å². The van der Waals surface area contributed by atoms with Crippen molar-refractivity contribution in [3.63, 3.8) is 0 Å². The molecule has 33 heavy (non-hydrogen) atoms. The van der Waals surface area contributed by atoms with E-state index in [0.717, 1.165) is 31.6 Å². The van der Waals surface area contributed by atoms with Gasteiger partial charge in [0.1, 0.15) is 6.61 Å². The molecule has 5 unspecified atom stereocenters. The molecule has 0 aromatic carbocycles. The van der Waals surface area contributed by atoms with Crippen LogP contribution in [-0.4, -0.2) is 50.3 Å². The summed E-state index contributed by atoms with van der Waals surface area (Å²) in [6.45, 7) is 2.72. The third-order valence-electron chi connectivity index (χ3n) is 10.5. The number of ketones is 2. The van der Waals surface area contributed by atoms with E-state index in [9.17, 15) is 9.59 Å². The first-order chi connectivity index (χ1) is 15.8. The lowest BCUT2D eigenvalue weighted by Gasteiger charge is -2.54. The fourth-order valence-electron chi connectivity index (χ4n) is 8.94. The molecule has 5 aliphatic carbocycles. The lowest BCUT2D eigenvalue weighted by Crippen LogP contribution is -2.48. The van der Waals surface area contributed by atoms with Crippen LogP contribution in [0.2, 0.25) is 0 Å². The second kappa shape index (κ2) is 9.07. The number of nitrogens with zero attached hydrogens (tertiary/aromatic N) is 1. The second-order valence-corrected chi connectivity index (χ2v) is 12.2. The minimum atomic E-state index is 0.0963. The molecule has 4 heteroatoms. The van der Waals surface area contributed by atoms with E-state index in [0.29, 0.717) is 41.8 Å². The average Bonchev–Trinajstić information content (AvgIpc) is 3.15. The number of allylic oxidation sites excluding steroid dienone is 4. The Kier molecular flexibility index (Phi) is 6.46. The van der Waals surface area contributed by atoms with E-state index in [2.05, 4.69) is 25.9 Å². The van der Waals surface area contributed by atoms with Crippen LogP contribution in [0, 0.1) is 35.0 Å². The summed E-state index contributed by atoms with van der Waals surface area (Å²) in [7, 11) is 6.10. The van der Waals surface area contributed by atoms with Crippen molar-refractivity contribution in [1.29, 1.82) is 0 Å². The summed E-state index contributed by atoms with van der Waals surface area (Å²) in [6.07, 6.45) is 14.4. The van der Waals surface area contributed by atoms with E-state index in [-0.39, 0.29) is 17.9 Å². The van der Waals surface area contributed by atoms with Crippen molar-refractivity contribution in [2.45, 2.75) is 83.6 Å². The van der Waals surface area contributed by atoms with Crippen molar-refractivity contribution in [1.82, 2.24) is 4.90 Å². The van der Waals surface area contributed by atoms with Gasteiger partial charge in [-0.1, -0.05) is 12.5 Å². The molecule has 0 bridgehead atoms. The third-order valence-corrected chi connectivity index (χ3v) is 10.5. The molecule has 3 fully saturated rings. The zero-order valence-corrected chi connectivity index (χ0v) is 21.2. The minimum Gasteiger partial charge on any atom is -0.377 e. The van der Waals surface area contributed by atoms with Gasteiger partial charge in [-0.25, -0.2) is 0 Å². The number of fused-ring (bicyclic) bond motifs is 4. The number of rotatable bonds is 5. The van der Waals surface area contributed by atoms with Crippen molar-refractivity contribution in [2.75, 3.05) is 27.8 Å². The zero-order valence-electron chi connectivity index (χ0n) is 21.2. The molecule has 0 aromatic rings. The minimum absolute atomic E-state index is 0.0963. The highest BCUT2D eigenvalue weighted by molar-refractivity contribution is 5.93. The van der Waals surface area contributed by atoms with Crippen molar-refractivity contribution in [3.05, 3.63) is 22.8 Å². The Morgan fingerprint density at radius 3 is 2.48 bits per heavy atom. The molecular weight excluding hydrogens is 410 g/mol. The Bertz CT molecular complexity index is 862. The standard InChI is InChI=1S/C29H43NO3/c1-29-16-24(18-5-8-20(9-6-18)30(2)3)28-22-12-10-21(31)15-19(22)7-11-23(28)25(29)13-14-26(29)27(32)17-33-4/h15,18,20,23-26H,5-14,16-17H2,1-4H3. The first-order valence-electron chi connectivity index (χ1n) is 13.5. The summed E-state index contributed by atoms with van der Waals surface area (Å²) >= 11 is 0. The highest BCUT2D eigenvalue weighted by atomic mass is 16.5. The molecular formula is C29H43NO3. The van der Waals surface area contributed by atoms with Gasteiger partial charge in [0.15, 0.2) is 11.6 Å². The average molecular weight is 454 g/mol. The fraction of sp³-hybridized carbons (Fsp3) is 0.793. The quantitative estimate of drug-likeness (QED) is 0.561. The summed E-state index contributed by atoms with van der Waals surface area (Å²) in [5.41, 5.74) is 4.77. The molecule has 4 nitrogen and oxygen atoms in total. The van der Waals surface area contributed by atoms with Gasteiger partial charge in [-0.15, -0.1) is 0 Å². The summed E-state index contributed by atoms with van der Waals surface area (Å²) in [5.74, 6) is 3.33. The van der Waals surface area contributed by atoms with Gasteiger partial charge in [-0.3, -0.25) is 9.59 Å². The van der Waals surface area contributed by atoms with Crippen LogP contribution in [0.1, 0.15) is 77.6 Å². The largest absolute Gasteiger partial charge is 0.377 e. The van der Waals surface area contributed by atoms with Crippen LogP contribution in [-0.2, 0) is 14.3 Å². The van der Waals surface area contributed by atoms with Gasteiger partial charge in [0.25, 0.3) is 0 Å². The van der Waals surface area contributed by atoms with Crippen LogP contribution < -0.4 is 0 Å². The SMILES string of the molecule is COCC(=O)C1CCC2C3CCC4=CC(=O)CCC4=C3C(C3CCC(N(C)C)CC3)CC12C. The number of hydrogen-bond donors (Lipinski definition) is 0. The molecule has 0 aromatic heterocycles. The fourth-order valence-corrected chi connectivity index (χ4v) is 8.94. The molecule has 0 aliphatic heterocycles. The topological polar surface area (TPSA) is 46.6 Å². The molecule has 182 valence electrons. The van der Waals surface area contributed by atoms with Gasteiger partial charge >= 0.3 is 0 Å². The van der Waals surface area contributed by atoms with Gasteiger partial charge in [-0.2, -0.15) is 0 Å². The van der Waals surface area contributed by atoms with E-state index in [1.54, 1.807) is 18.3 Å². The predicted molar refractivity (Wildman–Crippen MR) is 131 cm³/mol. The maximum absolute atomic E-state index is 13.1. The number of carbonyl (C=O) groups is 2. The van der Waals surface area contributed by atoms with E-state index in [1.807, 2.05) is 6.08 Å². The van der Waals surface area contributed by atoms with Crippen molar-refractivity contribution in [2.24, 2.45) is 35.0 Å². The highest BCUT2D eigenvalue weighted by Gasteiger charge is 2.58. The molecule has 5 aliphatic rings. The van der Waals surface area contributed by atoms with Gasteiger partial charge in [-0.05, 0) is 125 Å². The first-order valence-corrected chi connectivity index (χ1v) is 13.5. The lowest BCUT2D eigenvalue weighted by atomic mass is 9.50. The Morgan fingerprint density at radius 1 is 1.03 bits per heavy atom. The highest BCUT2D eigenvalue weighted by Crippen LogP contribution is 2.65. The van der Waals surface area contributed by atoms with Crippen molar-refractivity contribution in [3.8, 4) is 0 Å². The smallest absolute Gasteiger partial charge is 0.162 e. The lowest BCUT2D eigenvalue weighted by molar-refractivity contribution is -0.132. The van der Waals surface area contributed by atoms with E-state index < -0.39 is 0 Å². The molecule has 0 radical (unpaired) electrons. The Labute approximate surface area is 200 Å². The summed E-state index contributed by atoms with van der Waals surface area (Å²) in [5, 5.41) is 0. The molecule has 0 saturated heterocycles. The molecule has 0 N–H and O–H groups in total. The zero-order chi connectivity index (χ0) is 23.3. The van der Waals surface area contributed by atoms with Crippen LogP contribution in [0.15, 0.2) is 22.8 Å². The maximum atomic E-state index is 13.1. The van der Waals surface area contributed by atoms with E-state index >= 15 is 0 Å². The van der Waals surface area contributed by atoms with Crippen LogP contribution >= 0.6 is 0 Å².